The smallest absolute Gasteiger partial charge is 0.165 e. The Morgan fingerprint density at radius 2 is 2.18 bits per heavy atom. The molecule has 0 spiro atoms. The minimum Gasteiger partial charge on any atom is -0.504 e. The van der Waals surface area contributed by atoms with Crippen LogP contribution in [0.25, 0.3) is 0 Å². The number of aromatic hydroxyl groups is 1. The molecule has 1 unspecified atom stereocenters. The Kier molecular flexibility index (Phi) is 3.77. The molecule has 1 saturated carbocycles. The molecule has 1 N–H and O–H groups in total. The fourth-order valence-corrected chi connectivity index (χ4v) is 2.45. The summed E-state index contributed by atoms with van der Waals surface area (Å²) in [5.41, 5.74) is 2.07. The van der Waals surface area contributed by atoms with E-state index in [0.29, 0.717) is 5.75 Å². The van der Waals surface area contributed by atoms with Crippen molar-refractivity contribution in [2.75, 3.05) is 0 Å². The predicted molar refractivity (Wildman–Crippen MR) is 72.6 cm³/mol. The maximum Gasteiger partial charge on any atom is 0.165 e. The maximum atomic E-state index is 9.86. The van der Waals surface area contributed by atoms with Gasteiger partial charge in [0, 0.05) is 10.0 Å². The number of hydrogen-bond donors (Lipinski definition) is 1. The molecule has 1 aromatic rings. The van der Waals surface area contributed by atoms with Crippen LogP contribution in [-0.4, -0.2) is 11.2 Å². The third kappa shape index (κ3) is 2.65. The standard InChI is InChI=1S/C14H17BrO2/c1-9-5-3-4-6-13(9)17-14-10(2)11(15)7-8-12(14)16/h7-8,13,16H,1,3-6H2,2H3. The first-order valence-electron chi connectivity index (χ1n) is 5.92. The van der Waals surface area contributed by atoms with Crippen LogP contribution in [0.15, 0.2) is 28.8 Å². The lowest BCUT2D eigenvalue weighted by Gasteiger charge is -2.26. The van der Waals surface area contributed by atoms with Crippen LogP contribution < -0.4 is 4.74 Å². The summed E-state index contributed by atoms with van der Waals surface area (Å²) in [5.74, 6) is 0.775. The van der Waals surface area contributed by atoms with Crippen LogP contribution in [0.3, 0.4) is 0 Å². The third-order valence-electron chi connectivity index (χ3n) is 3.25. The predicted octanol–water partition coefficient (Wildman–Crippen LogP) is 4.34. The zero-order valence-electron chi connectivity index (χ0n) is 10.0. The average Bonchev–Trinajstić information content (AvgIpc) is 2.32. The van der Waals surface area contributed by atoms with Gasteiger partial charge >= 0.3 is 0 Å². The molecule has 0 aromatic heterocycles. The molecule has 3 heteroatoms. The largest absolute Gasteiger partial charge is 0.504 e. The molecule has 1 atom stereocenters. The molecule has 1 aliphatic carbocycles. The van der Waals surface area contributed by atoms with Gasteiger partial charge in [0.1, 0.15) is 6.10 Å². The van der Waals surface area contributed by atoms with Crippen LogP contribution in [0.1, 0.15) is 31.2 Å². The van der Waals surface area contributed by atoms with Gasteiger partial charge < -0.3 is 9.84 Å². The summed E-state index contributed by atoms with van der Waals surface area (Å²) in [7, 11) is 0. The van der Waals surface area contributed by atoms with Gasteiger partial charge in [-0.15, -0.1) is 0 Å². The fraction of sp³-hybridized carbons (Fsp3) is 0.429. The summed E-state index contributed by atoms with van der Waals surface area (Å²) in [6.45, 7) is 5.99. The molecular weight excluding hydrogens is 280 g/mol. The number of halogens is 1. The summed E-state index contributed by atoms with van der Waals surface area (Å²) in [5, 5.41) is 9.86. The Morgan fingerprint density at radius 1 is 1.41 bits per heavy atom. The molecule has 0 heterocycles. The van der Waals surface area contributed by atoms with Crippen molar-refractivity contribution >= 4 is 15.9 Å². The Balaban J connectivity index is 2.23. The number of phenolic OH excluding ortho intramolecular Hbond substituents is 1. The van der Waals surface area contributed by atoms with Crippen molar-refractivity contribution in [2.24, 2.45) is 0 Å². The summed E-state index contributed by atoms with van der Waals surface area (Å²) in [4.78, 5) is 0. The molecule has 1 aliphatic rings. The monoisotopic (exact) mass is 296 g/mol. The van der Waals surface area contributed by atoms with Gasteiger partial charge in [-0.3, -0.25) is 0 Å². The van der Waals surface area contributed by atoms with Gasteiger partial charge in [-0.05, 0) is 50.3 Å². The first kappa shape index (κ1) is 12.5. The lowest BCUT2D eigenvalue weighted by Crippen LogP contribution is -2.22. The van der Waals surface area contributed by atoms with Crippen molar-refractivity contribution in [1.29, 1.82) is 0 Å². The number of ether oxygens (including phenoxy) is 1. The highest BCUT2D eigenvalue weighted by molar-refractivity contribution is 9.10. The van der Waals surface area contributed by atoms with E-state index in [2.05, 4.69) is 22.5 Å². The number of rotatable bonds is 2. The highest BCUT2D eigenvalue weighted by Crippen LogP contribution is 2.37. The number of benzene rings is 1. The molecule has 0 aliphatic heterocycles. The number of hydrogen-bond acceptors (Lipinski definition) is 2. The SMILES string of the molecule is C=C1CCCCC1Oc1c(O)ccc(Br)c1C. The van der Waals surface area contributed by atoms with Crippen LogP contribution in [0.5, 0.6) is 11.5 Å². The molecule has 2 nitrogen and oxygen atoms in total. The summed E-state index contributed by atoms with van der Waals surface area (Å²) >= 11 is 3.45. The summed E-state index contributed by atoms with van der Waals surface area (Å²) in [6.07, 6.45) is 4.42. The van der Waals surface area contributed by atoms with E-state index >= 15 is 0 Å². The Morgan fingerprint density at radius 3 is 2.88 bits per heavy atom. The quantitative estimate of drug-likeness (QED) is 0.823. The maximum absolute atomic E-state index is 9.86. The molecule has 17 heavy (non-hydrogen) atoms. The van der Waals surface area contributed by atoms with Crippen molar-refractivity contribution < 1.29 is 9.84 Å². The van der Waals surface area contributed by atoms with E-state index in [0.717, 1.165) is 34.9 Å². The van der Waals surface area contributed by atoms with Crippen LogP contribution in [0, 0.1) is 6.92 Å². The average molecular weight is 297 g/mol. The fourth-order valence-electron chi connectivity index (χ4n) is 2.13. The van der Waals surface area contributed by atoms with Crippen LogP contribution in [-0.2, 0) is 0 Å². The van der Waals surface area contributed by atoms with Gasteiger partial charge in [-0.25, -0.2) is 0 Å². The number of phenols is 1. The molecule has 1 fully saturated rings. The van der Waals surface area contributed by atoms with Gasteiger partial charge in [0.15, 0.2) is 11.5 Å². The molecule has 0 bridgehead atoms. The minimum absolute atomic E-state index is 0.0441. The van der Waals surface area contributed by atoms with Gasteiger partial charge in [0.2, 0.25) is 0 Å². The second kappa shape index (κ2) is 5.13. The van der Waals surface area contributed by atoms with E-state index in [4.69, 9.17) is 4.74 Å². The molecule has 2 rings (SSSR count). The second-order valence-corrected chi connectivity index (χ2v) is 5.39. The van der Waals surface area contributed by atoms with Crippen LogP contribution in [0.2, 0.25) is 0 Å². The van der Waals surface area contributed by atoms with Crippen molar-refractivity contribution in [2.45, 2.75) is 38.7 Å². The Bertz CT molecular complexity index is 440. The zero-order valence-corrected chi connectivity index (χ0v) is 11.6. The minimum atomic E-state index is 0.0441. The first-order chi connectivity index (χ1) is 8.09. The van der Waals surface area contributed by atoms with Crippen LogP contribution >= 0.6 is 15.9 Å². The molecule has 0 amide bonds. The summed E-state index contributed by atoms with van der Waals surface area (Å²) in [6, 6.07) is 3.48. The molecule has 0 radical (unpaired) electrons. The van der Waals surface area contributed by atoms with E-state index < -0.39 is 0 Å². The lowest BCUT2D eigenvalue weighted by atomic mass is 9.93. The lowest BCUT2D eigenvalue weighted by molar-refractivity contribution is 0.195. The van der Waals surface area contributed by atoms with E-state index in [1.807, 2.05) is 13.0 Å². The first-order valence-corrected chi connectivity index (χ1v) is 6.71. The third-order valence-corrected chi connectivity index (χ3v) is 4.11. The van der Waals surface area contributed by atoms with E-state index in [1.165, 1.54) is 6.42 Å². The Hall–Kier alpha value is -0.960. The van der Waals surface area contributed by atoms with Gasteiger partial charge in [0.05, 0.1) is 0 Å². The van der Waals surface area contributed by atoms with Gasteiger partial charge in [-0.1, -0.05) is 22.5 Å². The Labute approximate surface area is 110 Å². The summed E-state index contributed by atoms with van der Waals surface area (Å²) < 4.78 is 6.88. The van der Waals surface area contributed by atoms with Crippen molar-refractivity contribution in [1.82, 2.24) is 0 Å². The van der Waals surface area contributed by atoms with E-state index in [9.17, 15) is 5.11 Å². The van der Waals surface area contributed by atoms with Crippen molar-refractivity contribution in [3.63, 3.8) is 0 Å². The van der Waals surface area contributed by atoms with Crippen LogP contribution in [0.4, 0.5) is 0 Å². The van der Waals surface area contributed by atoms with Crippen molar-refractivity contribution in [3.8, 4) is 11.5 Å². The molecular formula is C14H17BrO2. The normalized spacial score (nSPS) is 20.4. The molecule has 0 saturated heterocycles. The molecule has 92 valence electrons. The second-order valence-electron chi connectivity index (χ2n) is 4.53. The van der Waals surface area contributed by atoms with E-state index in [1.54, 1.807) is 6.07 Å². The van der Waals surface area contributed by atoms with E-state index in [-0.39, 0.29) is 11.9 Å². The van der Waals surface area contributed by atoms with Gasteiger partial charge in [-0.2, -0.15) is 0 Å². The molecule has 1 aromatic carbocycles. The topological polar surface area (TPSA) is 29.5 Å². The van der Waals surface area contributed by atoms with Gasteiger partial charge in [0.25, 0.3) is 0 Å². The van der Waals surface area contributed by atoms with Crippen molar-refractivity contribution in [3.05, 3.63) is 34.3 Å². The highest BCUT2D eigenvalue weighted by atomic mass is 79.9. The zero-order chi connectivity index (χ0) is 12.4. The highest BCUT2D eigenvalue weighted by Gasteiger charge is 2.21.